The molecule has 2 N–H and O–H groups in total. The van der Waals surface area contributed by atoms with Crippen molar-refractivity contribution >= 4 is 50.7 Å². The molecule has 204 valence electrons. The Morgan fingerprint density at radius 2 is 1.56 bits per heavy atom. The lowest BCUT2D eigenvalue weighted by atomic mass is 10.3. The number of halogens is 1. The molecular formula is C27H29ClN6O3S2. The number of aromatic nitrogens is 3. The third-order valence-corrected chi connectivity index (χ3v) is 9.07. The number of nitrogens with zero attached hydrogens (tertiary/aromatic N) is 4. The van der Waals surface area contributed by atoms with Crippen molar-refractivity contribution in [3.63, 3.8) is 0 Å². The topological polar surface area (TPSA) is 109 Å². The number of amides is 1. The Hall–Kier alpha value is -3.38. The average Bonchev–Trinajstić information content (AvgIpc) is 3.35. The Morgan fingerprint density at radius 3 is 2.21 bits per heavy atom. The lowest BCUT2D eigenvalue weighted by Gasteiger charge is -2.18. The number of nitrogens with one attached hydrogen (secondary N) is 2. The summed E-state index contributed by atoms with van der Waals surface area (Å²) >= 11 is 7.24. The standard InChI is InChI=1S/C27H29ClN6O3S2/c1-3-33(4-2)39(36,37)24-16-14-22(15-17-24)30-26(35)19-38-27-32-31-25(34(27)23-8-6-5-7-9-23)18-29-21-12-10-20(28)11-13-21/h5-17,29H,3-4,18-19H2,1-2H3,(H,30,35). The van der Waals surface area contributed by atoms with Crippen molar-refractivity contribution in [2.45, 2.75) is 30.4 Å². The molecule has 4 rings (SSSR count). The number of rotatable bonds is 12. The predicted octanol–water partition coefficient (Wildman–Crippen LogP) is 5.29. The van der Waals surface area contributed by atoms with Crippen molar-refractivity contribution < 1.29 is 13.2 Å². The van der Waals surface area contributed by atoms with Crippen molar-refractivity contribution in [3.8, 4) is 5.69 Å². The molecule has 39 heavy (non-hydrogen) atoms. The molecule has 1 heterocycles. The third-order valence-electron chi connectivity index (χ3n) is 5.82. The van der Waals surface area contributed by atoms with Gasteiger partial charge in [-0.15, -0.1) is 10.2 Å². The van der Waals surface area contributed by atoms with Gasteiger partial charge in [-0.2, -0.15) is 4.31 Å². The molecule has 0 unspecified atom stereocenters. The highest BCUT2D eigenvalue weighted by molar-refractivity contribution is 7.99. The van der Waals surface area contributed by atoms with Gasteiger partial charge in [-0.05, 0) is 60.7 Å². The Kier molecular flexibility index (Phi) is 9.63. The molecule has 0 aliphatic carbocycles. The lowest BCUT2D eigenvalue weighted by Crippen LogP contribution is -2.30. The first kappa shape index (κ1) is 28.6. The number of carbonyl (C=O) groups excluding carboxylic acids is 1. The minimum Gasteiger partial charge on any atom is -0.378 e. The van der Waals surface area contributed by atoms with E-state index in [-0.39, 0.29) is 16.6 Å². The van der Waals surface area contributed by atoms with Gasteiger partial charge >= 0.3 is 0 Å². The number of thioether (sulfide) groups is 1. The van der Waals surface area contributed by atoms with Crippen LogP contribution in [0.5, 0.6) is 0 Å². The molecule has 0 fully saturated rings. The maximum atomic E-state index is 12.7. The highest BCUT2D eigenvalue weighted by Crippen LogP contribution is 2.24. The van der Waals surface area contributed by atoms with Crippen molar-refractivity contribution in [1.82, 2.24) is 19.1 Å². The van der Waals surface area contributed by atoms with Crippen molar-refractivity contribution in [2.24, 2.45) is 0 Å². The van der Waals surface area contributed by atoms with Crippen LogP contribution >= 0.6 is 23.4 Å². The summed E-state index contributed by atoms with van der Waals surface area (Å²) in [4.78, 5) is 12.9. The van der Waals surface area contributed by atoms with Crippen LogP contribution in [-0.2, 0) is 21.4 Å². The summed E-state index contributed by atoms with van der Waals surface area (Å²) in [5.41, 5.74) is 2.28. The molecule has 0 saturated heterocycles. The molecule has 4 aromatic rings. The first-order valence-corrected chi connectivity index (χ1v) is 15.1. The van der Waals surface area contributed by atoms with Crippen LogP contribution in [0.1, 0.15) is 19.7 Å². The zero-order valence-electron chi connectivity index (χ0n) is 21.5. The van der Waals surface area contributed by atoms with E-state index in [9.17, 15) is 13.2 Å². The van der Waals surface area contributed by atoms with Crippen LogP contribution in [-0.4, -0.2) is 52.2 Å². The maximum absolute atomic E-state index is 12.7. The molecule has 0 spiro atoms. The van der Waals surface area contributed by atoms with Crippen molar-refractivity contribution in [2.75, 3.05) is 29.5 Å². The SMILES string of the molecule is CCN(CC)S(=O)(=O)c1ccc(NC(=O)CSc2nnc(CNc3ccc(Cl)cc3)n2-c2ccccc2)cc1. The van der Waals surface area contributed by atoms with Crippen LogP contribution in [0.2, 0.25) is 5.02 Å². The van der Waals surface area contributed by atoms with Gasteiger partial charge in [-0.1, -0.05) is 55.4 Å². The maximum Gasteiger partial charge on any atom is 0.243 e. The Bertz CT molecular complexity index is 1490. The van der Waals surface area contributed by atoms with Gasteiger partial charge in [0.1, 0.15) is 0 Å². The molecule has 9 nitrogen and oxygen atoms in total. The van der Waals surface area contributed by atoms with Crippen molar-refractivity contribution in [1.29, 1.82) is 0 Å². The van der Waals surface area contributed by atoms with E-state index in [1.807, 2.05) is 59.2 Å². The van der Waals surface area contributed by atoms with Crippen LogP contribution < -0.4 is 10.6 Å². The summed E-state index contributed by atoms with van der Waals surface area (Å²) in [5, 5.41) is 16.1. The zero-order valence-corrected chi connectivity index (χ0v) is 23.9. The zero-order chi connectivity index (χ0) is 27.8. The minimum atomic E-state index is -3.56. The van der Waals surface area contributed by atoms with E-state index < -0.39 is 10.0 Å². The predicted molar refractivity (Wildman–Crippen MR) is 156 cm³/mol. The molecule has 0 saturated carbocycles. The average molecular weight is 585 g/mol. The fraction of sp³-hybridized carbons (Fsp3) is 0.222. The summed E-state index contributed by atoms with van der Waals surface area (Å²) in [7, 11) is -3.56. The van der Waals surface area contributed by atoms with Gasteiger partial charge in [-0.25, -0.2) is 8.42 Å². The second-order valence-corrected chi connectivity index (χ2v) is 11.7. The van der Waals surface area contributed by atoms with E-state index in [0.29, 0.717) is 41.3 Å². The van der Waals surface area contributed by atoms with Gasteiger partial charge in [0.05, 0.1) is 17.2 Å². The highest BCUT2D eigenvalue weighted by atomic mass is 35.5. The van der Waals surface area contributed by atoms with E-state index >= 15 is 0 Å². The van der Waals surface area contributed by atoms with Crippen LogP contribution in [0.4, 0.5) is 11.4 Å². The number of para-hydroxylation sites is 1. The molecule has 1 amide bonds. The molecule has 0 bridgehead atoms. The van der Waals surface area contributed by atoms with Gasteiger partial charge in [0.2, 0.25) is 15.9 Å². The Labute approximate surface area is 237 Å². The number of benzene rings is 3. The third kappa shape index (κ3) is 7.18. The highest BCUT2D eigenvalue weighted by Gasteiger charge is 2.21. The van der Waals surface area contributed by atoms with Crippen LogP contribution in [0.15, 0.2) is 88.9 Å². The van der Waals surface area contributed by atoms with Gasteiger partial charge < -0.3 is 10.6 Å². The largest absolute Gasteiger partial charge is 0.378 e. The summed E-state index contributed by atoms with van der Waals surface area (Å²) in [6.07, 6.45) is 0. The molecule has 12 heteroatoms. The number of anilines is 2. The van der Waals surface area contributed by atoms with Gasteiger partial charge in [0.25, 0.3) is 0 Å². The molecule has 1 aromatic heterocycles. The van der Waals surface area contributed by atoms with Crippen LogP contribution in [0.25, 0.3) is 5.69 Å². The second kappa shape index (κ2) is 13.1. The molecule has 3 aromatic carbocycles. The normalized spacial score (nSPS) is 11.5. The number of carbonyl (C=O) groups is 1. The molecular weight excluding hydrogens is 556 g/mol. The van der Waals surface area contributed by atoms with Crippen LogP contribution in [0.3, 0.4) is 0 Å². The van der Waals surface area contributed by atoms with Gasteiger partial charge in [0, 0.05) is 35.2 Å². The second-order valence-electron chi connectivity index (χ2n) is 8.38. The van der Waals surface area contributed by atoms with E-state index in [4.69, 9.17) is 11.6 Å². The lowest BCUT2D eigenvalue weighted by molar-refractivity contribution is -0.113. The minimum absolute atomic E-state index is 0.0923. The fourth-order valence-electron chi connectivity index (χ4n) is 3.84. The van der Waals surface area contributed by atoms with Gasteiger partial charge in [-0.3, -0.25) is 9.36 Å². The number of sulfonamides is 1. The smallest absolute Gasteiger partial charge is 0.243 e. The Balaban J connectivity index is 1.43. The summed E-state index contributed by atoms with van der Waals surface area (Å²) in [6, 6.07) is 23.3. The number of hydrogen-bond donors (Lipinski definition) is 2. The summed E-state index contributed by atoms with van der Waals surface area (Å²) in [6.45, 7) is 4.79. The molecule has 0 radical (unpaired) electrons. The summed E-state index contributed by atoms with van der Waals surface area (Å²) in [5.74, 6) is 0.529. The van der Waals surface area contributed by atoms with E-state index in [1.54, 1.807) is 26.0 Å². The molecule has 0 aliphatic rings. The fourth-order valence-corrected chi connectivity index (χ4v) is 6.20. The number of hydrogen-bond acceptors (Lipinski definition) is 7. The van der Waals surface area contributed by atoms with Crippen molar-refractivity contribution in [3.05, 3.63) is 89.7 Å². The van der Waals surface area contributed by atoms with E-state index in [2.05, 4.69) is 20.8 Å². The van der Waals surface area contributed by atoms with E-state index in [1.165, 1.54) is 28.2 Å². The first-order valence-electron chi connectivity index (χ1n) is 12.3. The molecule has 0 aliphatic heterocycles. The first-order chi connectivity index (χ1) is 18.8. The quantitative estimate of drug-likeness (QED) is 0.218. The van der Waals surface area contributed by atoms with Crippen LogP contribution in [0, 0.1) is 0 Å². The Morgan fingerprint density at radius 1 is 0.923 bits per heavy atom. The summed E-state index contributed by atoms with van der Waals surface area (Å²) < 4.78 is 28.7. The molecule has 0 atom stereocenters. The monoisotopic (exact) mass is 584 g/mol. The van der Waals surface area contributed by atoms with Gasteiger partial charge in [0.15, 0.2) is 11.0 Å². The van der Waals surface area contributed by atoms with E-state index in [0.717, 1.165) is 11.4 Å².